The summed E-state index contributed by atoms with van der Waals surface area (Å²) in [6.07, 6.45) is 7.72. The number of fused-ring (bicyclic) bond motifs is 1. The third kappa shape index (κ3) is 4.44. The fourth-order valence-corrected chi connectivity index (χ4v) is 4.44. The monoisotopic (exact) mass is 486 g/mol. The van der Waals surface area contributed by atoms with Crippen molar-refractivity contribution in [2.75, 3.05) is 23.3 Å². The van der Waals surface area contributed by atoms with E-state index in [2.05, 4.69) is 38.4 Å². The molecule has 0 aromatic carbocycles. The normalized spacial score (nSPS) is 18.3. The number of carbonyl (C=O) groups is 1. The summed E-state index contributed by atoms with van der Waals surface area (Å²) in [4.78, 5) is 23.6. The summed E-state index contributed by atoms with van der Waals surface area (Å²) >= 11 is 0. The lowest BCUT2D eigenvalue weighted by Gasteiger charge is -2.20. The number of imidazole rings is 1. The molecule has 0 radical (unpaired) electrons. The van der Waals surface area contributed by atoms with Crippen LogP contribution in [0.1, 0.15) is 29.8 Å². The molecular formula is C24H26N10O2. The number of nitrogens with one attached hydrogen (secondary N) is 1. The van der Waals surface area contributed by atoms with Gasteiger partial charge in [-0.15, -0.1) is 0 Å². The lowest BCUT2D eigenvalue weighted by Crippen LogP contribution is -2.30. The van der Waals surface area contributed by atoms with Crippen LogP contribution in [-0.2, 0) is 6.54 Å². The summed E-state index contributed by atoms with van der Waals surface area (Å²) in [5.74, 6) is 0.417. The van der Waals surface area contributed by atoms with E-state index in [9.17, 15) is 9.90 Å². The number of amides is 1. The number of nitrogens with two attached hydrogens (primary N) is 1. The average molecular weight is 487 g/mol. The molecule has 0 spiro atoms. The Hall–Kier alpha value is -4.50. The Morgan fingerprint density at radius 2 is 2.11 bits per heavy atom. The van der Waals surface area contributed by atoms with Crippen LogP contribution in [0.2, 0.25) is 0 Å². The summed E-state index contributed by atoms with van der Waals surface area (Å²) in [5.41, 5.74) is 8.85. The maximum atomic E-state index is 12.3. The second-order valence-corrected chi connectivity index (χ2v) is 9.14. The third-order valence-corrected chi connectivity index (χ3v) is 6.28. The van der Waals surface area contributed by atoms with E-state index in [4.69, 9.17) is 16.0 Å². The molecular weight excluding hydrogens is 460 g/mol. The first-order valence-corrected chi connectivity index (χ1v) is 11.6. The summed E-state index contributed by atoms with van der Waals surface area (Å²) in [6, 6.07) is 5.66. The second kappa shape index (κ2) is 9.27. The maximum absolute atomic E-state index is 12.3. The molecule has 12 nitrogen and oxygen atoms in total. The number of carbonyl (C=O) groups excluding carboxylic acids is 1. The molecule has 5 rings (SSSR count). The van der Waals surface area contributed by atoms with E-state index in [0.29, 0.717) is 35.7 Å². The van der Waals surface area contributed by atoms with Gasteiger partial charge in [0.15, 0.2) is 5.65 Å². The predicted octanol–water partition coefficient (Wildman–Crippen LogP) is 1.28. The van der Waals surface area contributed by atoms with Gasteiger partial charge < -0.3 is 21.1 Å². The molecule has 1 fully saturated rings. The highest BCUT2D eigenvalue weighted by molar-refractivity contribution is 6.01. The van der Waals surface area contributed by atoms with Crippen LogP contribution in [0, 0.1) is 17.2 Å². The van der Waals surface area contributed by atoms with Crippen molar-refractivity contribution in [2.24, 2.45) is 11.7 Å². The Bertz CT molecular complexity index is 1450. The minimum atomic E-state index is -0.599. The standard InChI is InChI=1S/C24H26N10O2/c1-14-9-32(21-4-3-16(5-25)6-27-21)12-19(14)30-22-18(23(26)36)8-29-34-13-20(31-24(22)34)17-7-28-33(11-17)10-15(2)35/h3-4,6-8,11,13-15,19,30,35H,9-10,12H2,1-2H3,(H2,26,36)/t14-,15+,19-/m1/s1. The Balaban J connectivity index is 1.45. The van der Waals surface area contributed by atoms with Crippen LogP contribution in [0.5, 0.6) is 0 Å². The number of nitriles is 1. The van der Waals surface area contributed by atoms with Gasteiger partial charge in [-0.25, -0.2) is 14.5 Å². The van der Waals surface area contributed by atoms with E-state index in [1.807, 2.05) is 6.07 Å². The Morgan fingerprint density at radius 3 is 2.81 bits per heavy atom. The molecule has 1 aliphatic heterocycles. The van der Waals surface area contributed by atoms with Crippen molar-refractivity contribution in [3.63, 3.8) is 0 Å². The summed E-state index contributed by atoms with van der Waals surface area (Å²) in [6.45, 7) is 5.59. The van der Waals surface area contributed by atoms with Crippen LogP contribution in [-0.4, -0.2) is 65.6 Å². The van der Waals surface area contributed by atoms with Crippen molar-refractivity contribution in [1.82, 2.24) is 29.4 Å². The molecule has 4 aromatic rings. The smallest absolute Gasteiger partial charge is 0.252 e. The van der Waals surface area contributed by atoms with E-state index in [-0.39, 0.29) is 17.5 Å². The third-order valence-electron chi connectivity index (χ3n) is 6.28. The van der Waals surface area contributed by atoms with E-state index in [1.54, 1.807) is 47.0 Å². The molecule has 184 valence electrons. The van der Waals surface area contributed by atoms with Crippen molar-refractivity contribution >= 4 is 23.1 Å². The van der Waals surface area contributed by atoms with Crippen molar-refractivity contribution in [3.8, 4) is 17.3 Å². The van der Waals surface area contributed by atoms with Gasteiger partial charge in [-0.05, 0) is 25.0 Å². The molecule has 3 atom stereocenters. The van der Waals surface area contributed by atoms with E-state index < -0.39 is 12.0 Å². The molecule has 4 aromatic heterocycles. The Labute approximate surface area is 207 Å². The molecule has 1 aliphatic rings. The van der Waals surface area contributed by atoms with Crippen LogP contribution < -0.4 is 16.0 Å². The maximum Gasteiger partial charge on any atom is 0.252 e. The van der Waals surface area contributed by atoms with Gasteiger partial charge in [0.2, 0.25) is 0 Å². The van der Waals surface area contributed by atoms with Crippen LogP contribution in [0.15, 0.2) is 43.1 Å². The number of hydrogen-bond donors (Lipinski definition) is 3. The van der Waals surface area contributed by atoms with Gasteiger partial charge in [0.1, 0.15) is 11.9 Å². The van der Waals surface area contributed by atoms with Crippen molar-refractivity contribution in [3.05, 3.63) is 54.2 Å². The molecule has 0 unspecified atom stereocenters. The van der Waals surface area contributed by atoms with Gasteiger partial charge in [-0.1, -0.05) is 6.92 Å². The number of primary amides is 1. The lowest BCUT2D eigenvalue weighted by molar-refractivity contribution is 0.100. The number of aromatic nitrogens is 6. The zero-order valence-electron chi connectivity index (χ0n) is 19.9. The molecule has 36 heavy (non-hydrogen) atoms. The highest BCUT2D eigenvalue weighted by atomic mass is 16.3. The second-order valence-electron chi connectivity index (χ2n) is 9.14. The Morgan fingerprint density at radius 1 is 1.28 bits per heavy atom. The minimum absolute atomic E-state index is 0.0133. The zero-order valence-corrected chi connectivity index (χ0v) is 19.9. The lowest BCUT2D eigenvalue weighted by atomic mass is 10.1. The van der Waals surface area contributed by atoms with Gasteiger partial charge in [0, 0.05) is 37.1 Å². The predicted molar refractivity (Wildman–Crippen MR) is 132 cm³/mol. The fraction of sp³-hybridized carbons (Fsp3) is 0.333. The van der Waals surface area contributed by atoms with Crippen LogP contribution >= 0.6 is 0 Å². The van der Waals surface area contributed by atoms with Gasteiger partial charge in [0.05, 0.1) is 53.7 Å². The molecule has 4 N–H and O–H groups in total. The molecule has 5 heterocycles. The van der Waals surface area contributed by atoms with Crippen molar-refractivity contribution < 1.29 is 9.90 Å². The largest absolute Gasteiger partial charge is 0.391 e. The van der Waals surface area contributed by atoms with E-state index in [0.717, 1.165) is 17.9 Å². The summed E-state index contributed by atoms with van der Waals surface area (Å²) < 4.78 is 3.26. The van der Waals surface area contributed by atoms with E-state index in [1.165, 1.54) is 6.20 Å². The minimum Gasteiger partial charge on any atom is -0.391 e. The van der Waals surface area contributed by atoms with Gasteiger partial charge in [0.25, 0.3) is 5.91 Å². The quantitative estimate of drug-likeness (QED) is 0.349. The number of nitrogens with zero attached hydrogens (tertiary/aromatic N) is 8. The number of aliphatic hydroxyl groups is 1. The fourth-order valence-electron chi connectivity index (χ4n) is 4.44. The van der Waals surface area contributed by atoms with Crippen LogP contribution in [0.4, 0.5) is 11.5 Å². The number of rotatable bonds is 7. The number of hydrogen-bond acceptors (Lipinski definition) is 9. The molecule has 0 aliphatic carbocycles. The van der Waals surface area contributed by atoms with Crippen LogP contribution in [0.3, 0.4) is 0 Å². The highest BCUT2D eigenvalue weighted by Crippen LogP contribution is 2.30. The number of pyridine rings is 1. The first kappa shape index (κ1) is 23.3. The van der Waals surface area contributed by atoms with Gasteiger partial charge in [-0.3, -0.25) is 9.48 Å². The van der Waals surface area contributed by atoms with Gasteiger partial charge in [-0.2, -0.15) is 15.5 Å². The topological polar surface area (TPSA) is 163 Å². The Kier molecular flexibility index (Phi) is 5.99. The van der Waals surface area contributed by atoms with Crippen molar-refractivity contribution in [1.29, 1.82) is 5.26 Å². The average Bonchev–Trinajstić information content (AvgIpc) is 3.57. The highest BCUT2D eigenvalue weighted by Gasteiger charge is 2.32. The first-order chi connectivity index (χ1) is 17.3. The molecule has 0 saturated carbocycles. The zero-order chi connectivity index (χ0) is 25.4. The summed E-state index contributed by atoms with van der Waals surface area (Å²) in [7, 11) is 0. The molecule has 1 saturated heterocycles. The molecule has 12 heteroatoms. The van der Waals surface area contributed by atoms with Crippen molar-refractivity contribution in [2.45, 2.75) is 32.5 Å². The number of anilines is 2. The molecule has 1 amide bonds. The first-order valence-electron chi connectivity index (χ1n) is 11.6. The molecule has 0 bridgehead atoms. The SMILES string of the molecule is C[C@H](O)Cn1cc(-c2cn3ncc(C(N)=O)c(N[C@@H]4CN(c5ccc(C#N)cn5)C[C@H]4C)c3n2)cn1. The van der Waals surface area contributed by atoms with Gasteiger partial charge >= 0.3 is 0 Å². The van der Waals surface area contributed by atoms with E-state index >= 15 is 0 Å². The number of aliphatic hydroxyl groups excluding tert-OH is 1. The summed E-state index contributed by atoms with van der Waals surface area (Å²) in [5, 5.41) is 30.8. The van der Waals surface area contributed by atoms with Crippen LogP contribution in [0.25, 0.3) is 16.9 Å².